The van der Waals surface area contributed by atoms with Crippen LogP contribution in [0.4, 0.5) is 0 Å². The van der Waals surface area contributed by atoms with Gasteiger partial charge in [-0.2, -0.15) is 0 Å². The maximum Gasteiger partial charge on any atom is 0.339 e. The van der Waals surface area contributed by atoms with Gasteiger partial charge < -0.3 is 9.79 Å². The molecule has 2 N–H and O–H groups in total. The van der Waals surface area contributed by atoms with Gasteiger partial charge in [0.25, 0.3) is 0 Å². The maximum absolute atomic E-state index is 10.4. The minimum Gasteiger partial charge on any atom is -0.324 e. The largest absolute Gasteiger partial charge is 0.339 e. The Hall–Kier alpha value is -0.630. The Labute approximate surface area is 64.8 Å². The van der Waals surface area contributed by atoms with Gasteiger partial charge in [-0.25, -0.2) is 0 Å². The lowest BCUT2D eigenvalue weighted by molar-refractivity contribution is 0.382. The molecule has 0 amide bonds. The molecule has 0 saturated heterocycles. The summed E-state index contributed by atoms with van der Waals surface area (Å²) in [6.45, 7) is 0. The summed E-state index contributed by atoms with van der Waals surface area (Å²) in [5, 5.41) is 0. The summed E-state index contributed by atoms with van der Waals surface area (Å²) in [6, 6.07) is 8.32. The van der Waals surface area contributed by atoms with Crippen molar-refractivity contribution in [2.24, 2.45) is 0 Å². The molecule has 0 heterocycles. The summed E-state index contributed by atoms with van der Waals surface area (Å²) in [6.07, 6.45) is 2.05. The van der Waals surface area contributed by atoms with E-state index in [-0.39, 0.29) is 0 Å². The second kappa shape index (κ2) is 3.18. The quantitative estimate of drug-likeness (QED) is 0.656. The number of hydrogen-bond donors (Lipinski definition) is 2. The summed E-state index contributed by atoms with van der Waals surface area (Å²) < 4.78 is 10.4. The van der Waals surface area contributed by atoms with E-state index in [1.807, 2.05) is 6.16 Å². The van der Waals surface area contributed by atoms with Crippen LogP contribution in [0.5, 0.6) is 0 Å². The van der Waals surface area contributed by atoms with Gasteiger partial charge in [-0.1, -0.05) is 30.3 Å². The van der Waals surface area contributed by atoms with Crippen molar-refractivity contribution in [3.8, 4) is 0 Å². The van der Waals surface area contributed by atoms with Crippen molar-refractivity contribution in [2.45, 2.75) is 0 Å². The predicted molar refractivity (Wildman–Crippen MR) is 40.8 cm³/mol. The summed E-state index contributed by atoms with van der Waals surface area (Å²) in [4.78, 5) is 16.9. The molecule has 1 aromatic rings. The molecule has 1 rings (SSSR count). The smallest absolute Gasteiger partial charge is 0.324 e. The van der Waals surface area contributed by atoms with Crippen LogP contribution in [0.3, 0.4) is 0 Å². The van der Waals surface area contributed by atoms with Crippen molar-refractivity contribution in [3.05, 3.63) is 42.1 Å². The van der Waals surface area contributed by atoms with Gasteiger partial charge >= 0.3 is 7.60 Å². The fraction of sp³-hybridized carbons (Fsp3) is 0. The molecule has 0 fully saturated rings. The highest BCUT2D eigenvalue weighted by Crippen LogP contribution is 2.40. The van der Waals surface area contributed by atoms with Crippen molar-refractivity contribution < 1.29 is 14.4 Å². The Morgan fingerprint density at radius 1 is 1.18 bits per heavy atom. The van der Waals surface area contributed by atoms with Gasteiger partial charge in [0.1, 0.15) is 6.16 Å². The molecule has 1 aromatic carbocycles. The molecule has 0 aromatic heterocycles. The van der Waals surface area contributed by atoms with E-state index < -0.39 is 7.60 Å². The third-order valence-electron chi connectivity index (χ3n) is 1.05. The van der Waals surface area contributed by atoms with E-state index in [4.69, 9.17) is 9.79 Å². The molecule has 0 aliphatic rings. The first-order valence-corrected chi connectivity index (χ1v) is 4.58. The molecule has 2 radical (unpaired) electrons. The lowest BCUT2D eigenvalue weighted by atomic mass is 10.2. The highest BCUT2D eigenvalue weighted by atomic mass is 31.2. The molecule has 0 saturated carbocycles. The van der Waals surface area contributed by atoms with Crippen LogP contribution in [0.15, 0.2) is 30.3 Å². The van der Waals surface area contributed by atoms with Crippen LogP contribution in [0.1, 0.15) is 5.56 Å². The maximum atomic E-state index is 10.4. The van der Waals surface area contributed by atoms with Crippen molar-refractivity contribution in [1.29, 1.82) is 0 Å². The Bertz CT molecular complexity index is 264. The van der Waals surface area contributed by atoms with Crippen LogP contribution in [-0.2, 0) is 4.57 Å². The molecule has 0 bridgehead atoms. The van der Waals surface area contributed by atoms with E-state index >= 15 is 0 Å². The van der Waals surface area contributed by atoms with E-state index in [0.717, 1.165) is 0 Å². The summed E-state index contributed by atoms with van der Waals surface area (Å²) in [5.41, 5.74) is 0.417. The Morgan fingerprint density at radius 2 is 1.73 bits per heavy atom. The molecule has 0 atom stereocenters. The van der Waals surface area contributed by atoms with Gasteiger partial charge in [0.15, 0.2) is 0 Å². The third kappa shape index (κ3) is 3.33. The van der Waals surface area contributed by atoms with Gasteiger partial charge in [0, 0.05) is 0 Å². The number of benzene rings is 1. The van der Waals surface area contributed by atoms with Crippen LogP contribution in [0, 0.1) is 6.16 Å². The van der Waals surface area contributed by atoms with Gasteiger partial charge in [-0.05, 0) is 5.56 Å². The molecule has 3 nitrogen and oxygen atoms in total. The lowest BCUT2D eigenvalue weighted by Crippen LogP contribution is -1.81. The van der Waals surface area contributed by atoms with Crippen molar-refractivity contribution in [2.75, 3.05) is 0 Å². The molecule has 0 unspecified atom stereocenters. The van der Waals surface area contributed by atoms with Gasteiger partial charge in [0.2, 0.25) is 0 Å². The number of hydrogen-bond acceptors (Lipinski definition) is 1. The number of rotatable bonds is 2. The monoisotopic (exact) mass is 170 g/mol. The van der Waals surface area contributed by atoms with Gasteiger partial charge in [-0.3, -0.25) is 4.57 Å². The standard InChI is InChI=1S/C7H7O3P/c8-11(9,10)6-7-4-2-1-3-5-7/h1-5H,(H2,8,9,10). The molecule has 0 aliphatic carbocycles. The molecular formula is C7H7O3P. The van der Waals surface area contributed by atoms with Crippen LogP contribution < -0.4 is 0 Å². The first kappa shape index (κ1) is 8.47. The Morgan fingerprint density at radius 3 is 2.18 bits per heavy atom. The minimum atomic E-state index is -4.14. The SMILES string of the molecule is O=P(O)(O)[C]c1ccccc1. The predicted octanol–water partition coefficient (Wildman–Crippen LogP) is 1.25. The Balaban J connectivity index is 2.74. The summed E-state index contributed by atoms with van der Waals surface area (Å²) >= 11 is 0. The zero-order valence-electron chi connectivity index (χ0n) is 5.64. The van der Waals surface area contributed by atoms with Crippen molar-refractivity contribution in [3.63, 3.8) is 0 Å². The van der Waals surface area contributed by atoms with Crippen LogP contribution in [0.2, 0.25) is 0 Å². The zero-order chi connectivity index (χ0) is 8.32. The summed E-state index contributed by atoms with van der Waals surface area (Å²) in [7, 11) is -4.14. The van der Waals surface area contributed by atoms with Gasteiger partial charge in [-0.15, -0.1) is 0 Å². The molecule has 4 heteroatoms. The van der Waals surface area contributed by atoms with Crippen LogP contribution in [0.25, 0.3) is 0 Å². The Kier molecular flexibility index (Phi) is 2.45. The highest BCUT2D eigenvalue weighted by molar-refractivity contribution is 7.54. The van der Waals surface area contributed by atoms with E-state index in [2.05, 4.69) is 0 Å². The average Bonchev–Trinajstić information content (AvgIpc) is 1.85. The molecule has 0 spiro atoms. The minimum absolute atomic E-state index is 0.417. The van der Waals surface area contributed by atoms with Crippen molar-refractivity contribution >= 4 is 7.60 Å². The van der Waals surface area contributed by atoms with Gasteiger partial charge in [0.05, 0.1) is 0 Å². The second-order valence-corrected chi connectivity index (χ2v) is 3.33. The second-order valence-electron chi connectivity index (χ2n) is 2.02. The van der Waals surface area contributed by atoms with Crippen LogP contribution >= 0.6 is 7.60 Å². The highest BCUT2D eigenvalue weighted by Gasteiger charge is 2.14. The first-order chi connectivity index (χ1) is 5.08. The fourth-order valence-electron chi connectivity index (χ4n) is 0.681. The lowest BCUT2D eigenvalue weighted by Gasteiger charge is -2.00. The van der Waals surface area contributed by atoms with E-state index in [1.54, 1.807) is 30.3 Å². The summed E-state index contributed by atoms with van der Waals surface area (Å²) in [5.74, 6) is 0. The zero-order valence-corrected chi connectivity index (χ0v) is 6.53. The molecule has 0 aliphatic heterocycles. The van der Waals surface area contributed by atoms with Crippen molar-refractivity contribution in [1.82, 2.24) is 0 Å². The molecule has 11 heavy (non-hydrogen) atoms. The average molecular weight is 170 g/mol. The fourth-order valence-corrected chi connectivity index (χ4v) is 1.17. The topological polar surface area (TPSA) is 57.5 Å². The van der Waals surface area contributed by atoms with Crippen LogP contribution in [-0.4, -0.2) is 9.79 Å². The normalized spacial score (nSPS) is 11.5. The molecular weight excluding hydrogens is 163 g/mol. The first-order valence-electron chi connectivity index (χ1n) is 2.97. The van der Waals surface area contributed by atoms with E-state index in [0.29, 0.717) is 5.56 Å². The van der Waals surface area contributed by atoms with E-state index in [9.17, 15) is 4.57 Å². The third-order valence-corrected chi connectivity index (χ3v) is 1.60. The molecule has 58 valence electrons. The van der Waals surface area contributed by atoms with E-state index in [1.165, 1.54) is 0 Å².